The molecule has 0 amide bonds. The molecule has 2 atom stereocenters. The van der Waals surface area contributed by atoms with Gasteiger partial charge in [0.1, 0.15) is 0 Å². The number of nitrogens with one attached hydrogen (secondary N) is 1. The van der Waals surface area contributed by atoms with Gasteiger partial charge in [-0.15, -0.1) is 0 Å². The third-order valence-corrected chi connectivity index (χ3v) is 4.25. The van der Waals surface area contributed by atoms with Crippen molar-refractivity contribution in [2.45, 2.75) is 37.8 Å². The molecule has 0 aliphatic carbocycles. The highest BCUT2D eigenvalue weighted by atomic mass is 16.5. The molecule has 3 aliphatic heterocycles. The maximum Gasteiger partial charge on any atom is 0.0765 e. The SMILES string of the molecule is COCCC(C)(O)CNC1CN2CCC1CC2. The Balaban J connectivity index is 1.74. The second kappa shape index (κ2) is 5.65. The summed E-state index contributed by atoms with van der Waals surface area (Å²) in [5, 5.41) is 13.7. The Labute approximate surface area is 104 Å². The number of fused-ring (bicyclic) bond motifs is 3. The second-order valence-electron chi connectivity index (χ2n) is 5.87. The molecule has 17 heavy (non-hydrogen) atoms. The molecule has 3 rings (SSSR count). The maximum atomic E-state index is 10.2. The molecule has 3 saturated heterocycles. The molecule has 2 N–H and O–H groups in total. The number of hydrogen-bond acceptors (Lipinski definition) is 4. The lowest BCUT2D eigenvalue weighted by molar-refractivity contribution is 0.00930. The molecule has 0 saturated carbocycles. The predicted octanol–water partition coefficient (Wildman–Crippen LogP) is 0.458. The monoisotopic (exact) mass is 242 g/mol. The van der Waals surface area contributed by atoms with Crippen LogP contribution in [-0.4, -0.2) is 61.5 Å². The van der Waals surface area contributed by atoms with Crippen molar-refractivity contribution in [1.29, 1.82) is 0 Å². The van der Waals surface area contributed by atoms with Crippen molar-refractivity contribution in [2.75, 3.05) is 39.9 Å². The summed E-state index contributed by atoms with van der Waals surface area (Å²) in [4.78, 5) is 2.53. The van der Waals surface area contributed by atoms with Gasteiger partial charge >= 0.3 is 0 Å². The molecule has 0 radical (unpaired) electrons. The van der Waals surface area contributed by atoms with Gasteiger partial charge in [0, 0.05) is 39.3 Å². The highest BCUT2D eigenvalue weighted by Gasteiger charge is 2.34. The van der Waals surface area contributed by atoms with Gasteiger partial charge in [-0.05, 0) is 38.8 Å². The maximum absolute atomic E-state index is 10.2. The van der Waals surface area contributed by atoms with Crippen LogP contribution in [0.4, 0.5) is 0 Å². The van der Waals surface area contributed by atoms with Crippen molar-refractivity contribution < 1.29 is 9.84 Å². The largest absolute Gasteiger partial charge is 0.389 e. The van der Waals surface area contributed by atoms with Gasteiger partial charge < -0.3 is 20.1 Å². The zero-order valence-corrected chi connectivity index (χ0v) is 11.1. The minimum Gasteiger partial charge on any atom is -0.389 e. The number of methoxy groups -OCH3 is 1. The van der Waals surface area contributed by atoms with Crippen molar-refractivity contribution >= 4 is 0 Å². The third kappa shape index (κ3) is 3.65. The van der Waals surface area contributed by atoms with Crippen LogP contribution in [0.2, 0.25) is 0 Å². The minimum absolute atomic E-state index is 0.575. The van der Waals surface area contributed by atoms with Gasteiger partial charge in [-0.2, -0.15) is 0 Å². The molecule has 4 heteroatoms. The summed E-state index contributed by atoms with van der Waals surface area (Å²) in [6, 6.07) is 0.575. The van der Waals surface area contributed by atoms with E-state index in [1.165, 1.54) is 25.9 Å². The van der Waals surface area contributed by atoms with Crippen molar-refractivity contribution in [3.05, 3.63) is 0 Å². The van der Waals surface area contributed by atoms with Crippen LogP contribution in [0.1, 0.15) is 26.2 Å². The van der Waals surface area contributed by atoms with Gasteiger partial charge in [0.2, 0.25) is 0 Å². The fourth-order valence-corrected chi connectivity index (χ4v) is 2.96. The minimum atomic E-state index is -0.651. The highest BCUT2D eigenvalue weighted by molar-refractivity contribution is 4.92. The van der Waals surface area contributed by atoms with Crippen LogP contribution < -0.4 is 5.32 Å². The Morgan fingerprint density at radius 3 is 2.65 bits per heavy atom. The van der Waals surface area contributed by atoms with Crippen LogP contribution in [0.15, 0.2) is 0 Å². The van der Waals surface area contributed by atoms with E-state index < -0.39 is 5.60 Å². The molecule has 2 unspecified atom stereocenters. The molecule has 0 aromatic heterocycles. The summed E-state index contributed by atoms with van der Waals surface area (Å²) < 4.78 is 5.02. The van der Waals surface area contributed by atoms with Gasteiger partial charge in [-0.3, -0.25) is 0 Å². The molecule has 0 spiro atoms. The number of piperidine rings is 3. The number of ether oxygens (including phenoxy) is 1. The average molecular weight is 242 g/mol. The fourth-order valence-electron chi connectivity index (χ4n) is 2.96. The Bertz CT molecular complexity index is 238. The first-order valence-electron chi connectivity index (χ1n) is 6.78. The topological polar surface area (TPSA) is 44.7 Å². The highest BCUT2D eigenvalue weighted by Crippen LogP contribution is 2.27. The Hall–Kier alpha value is -0.160. The fraction of sp³-hybridized carbons (Fsp3) is 1.00. The summed E-state index contributed by atoms with van der Waals surface area (Å²) in [6.45, 7) is 6.87. The van der Waals surface area contributed by atoms with Crippen molar-refractivity contribution in [2.24, 2.45) is 5.92 Å². The van der Waals surface area contributed by atoms with Gasteiger partial charge in [-0.1, -0.05) is 0 Å². The van der Waals surface area contributed by atoms with E-state index in [1.54, 1.807) is 7.11 Å². The molecule has 100 valence electrons. The van der Waals surface area contributed by atoms with E-state index >= 15 is 0 Å². The summed E-state index contributed by atoms with van der Waals surface area (Å²) in [6.07, 6.45) is 3.33. The Kier molecular flexibility index (Phi) is 4.42. The molecular weight excluding hydrogens is 216 g/mol. The first kappa shape index (κ1) is 13.3. The number of aliphatic hydroxyl groups is 1. The van der Waals surface area contributed by atoms with E-state index in [1.807, 2.05) is 6.92 Å². The van der Waals surface area contributed by atoms with E-state index in [0.717, 1.165) is 12.5 Å². The van der Waals surface area contributed by atoms with Crippen LogP contribution >= 0.6 is 0 Å². The normalized spacial score (nSPS) is 35.8. The van der Waals surface area contributed by atoms with Crippen LogP contribution in [0.5, 0.6) is 0 Å². The lowest BCUT2D eigenvalue weighted by Crippen LogP contribution is -2.58. The summed E-state index contributed by atoms with van der Waals surface area (Å²) in [5.74, 6) is 0.818. The van der Waals surface area contributed by atoms with Crippen molar-refractivity contribution in [3.63, 3.8) is 0 Å². The van der Waals surface area contributed by atoms with Crippen LogP contribution in [-0.2, 0) is 4.74 Å². The second-order valence-corrected chi connectivity index (χ2v) is 5.87. The van der Waals surface area contributed by atoms with Gasteiger partial charge in [0.15, 0.2) is 0 Å². The average Bonchev–Trinajstić information content (AvgIpc) is 2.36. The molecule has 3 fully saturated rings. The molecule has 4 nitrogen and oxygen atoms in total. The number of rotatable bonds is 6. The first-order chi connectivity index (χ1) is 8.11. The third-order valence-electron chi connectivity index (χ3n) is 4.25. The predicted molar refractivity (Wildman–Crippen MR) is 68.1 cm³/mol. The standard InChI is InChI=1S/C13H26N2O2/c1-13(16,5-8-17-2)10-14-12-9-15-6-3-11(12)4-7-15/h11-12,14,16H,3-10H2,1-2H3. The molecule has 0 aromatic carbocycles. The van der Waals surface area contributed by atoms with E-state index in [2.05, 4.69) is 10.2 Å². The molecule has 0 aromatic rings. The van der Waals surface area contributed by atoms with Crippen LogP contribution in [0.3, 0.4) is 0 Å². The van der Waals surface area contributed by atoms with Crippen molar-refractivity contribution in [3.8, 4) is 0 Å². The number of hydrogen-bond donors (Lipinski definition) is 2. The lowest BCUT2D eigenvalue weighted by Gasteiger charge is -2.45. The first-order valence-corrected chi connectivity index (χ1v) is 6.78. The Morgan fingerprint density at radius 1 is 1.41 bits per heavy atom. The number of nitrogens with zero attached hydrogens (tertiary/aromatic N) is 1. The Morgan fingerprint density at radius 2 is 2.12 bits per heavy atom. The zero-order valence-electron chi connectivity index (χ0n) is 11.1. The summed E-state index contributed by atoms with van der Waals surface area (Å²) in [5.41, 5.74) is -0.651. The molecular formula is C13H26N2O2. The smallest absolute Gasteiger partial charge is 0.0765 e. The zero-order chi connectivity index (χ0) is 12.3. The van der Waals surface area contributed by atoms with E-state index in [4.69, 9.17) is 4.74 Å². The van der Waals surface area contributed by atoms with Gasteiger partial charge in [-0.25, -0.2) is 0 Å². The van der Waals surface area contributed by atoms with Gasteiger partial charge in [0.05, 0.1) is 5.60 Å². The van der Waals surface area contributed by atoms with Crippen LogP contribution in [0, 0.1) is 5.92 Å². The molecule has 2 bridgehead atoms. The van der Waals surface area contributed by atoms with Crippen LogP contribution in [0.25, 0.3) is 0 Å². The molecule has 3 aliphatic rings. The quantitative estimate of drug-likeness (QED) is 0.710. The van der Waals surface area contributed by atoms with E-state index in [-0.39, 0.29) is 0 Å². The molecule has 3 heterocycles. The van der Waals surface area contributed by atoms with E-state index in [0.29, 0.717) is 25.6 Å². The van der Waals surface area contributed by atoms with Gasteiger partial charge in [0.25, 0.3) is 0 Å². The van der Waals surface area contributed by atoms with Crippen molar-refractivity contribution in [1.82, 2.24) is 10.2 Å². The summed E-state index contributed by atoms with van der Waals surface area (Å²) >= 11 is 0. The lowest BCUT2D eigenvalue weighted by atomic mass is 9.83. The summed E-state index contributed by atoms with van der Waals surface area (Å²) in [7, 11) is 1.68. The van der Waals surface area contributed by atoms with E-state index in [9.17, 15) is 5.11 Å².